The molecule has 2 aromatic carbocycles. The summed E-state index contributed by atoms with van der Waals surface area (Å²) >= 11 is 6.04. The minimum absolute atomic E-state index is 0.0422. The van der Waals surface area contributed by atoms with Gasteiger partial charge in [0.15, 0.2) is 5.78 Å². The van der Waals surface area contributed by atoms with Crippen LogP contribution in [0.5, 0.6) is 0 Å². The first-order chi connectivity index (χ1) is 13.2. The molecule has 0 spiro atoms. The second-order valence-electron chi connectivity index (χ2n) is 7.07. The summed E-state index contributed by atoms with van der Waals surface area (Å²) in [6.45, 7) is 2.69. The van der Waals surface area contributed by atoms with E-state index in [9.17, 15) is 4.79 Å². The van der Waals surface area contributed by atoms with E-state index in [1.54, 1.807) is 18.3 Å². The molecule has 1 atom stereocenters. The smallest absolute Gasteiger partial charge is 0.167 e. The summed E-state index contributed by atoms with van der Waals surface area (Å²) < 4.78 is 1.85. The Kier molecular flexibility index (Phi) is 5.37. The van der Waals surface area contributed by atoms with Gasteiger partial charge in [-0.3, -0.25) is 9.69 Å². The van der Waals surface area contributed by atoms with Crippen molar-refractivity contribution in [2.24, 2.45) is 5.92 Å². The molecule has 0 radical (unpaired) electrons. The van der Waals surface area contributed by atoms with Crippen LogP contribution in [0.3, 0.4) is 0 Å². The van der Waals surface area contributed by atoms with E-state index in [1.165, 1.54) is 5.56 Å². The summed E-state index contributed by atoms with van der Waals surface area (Å²) in [6, 6.07) is 17.6. The number of hydrogen-bond donors (Lipinski definition) is 0. The molecule has 0 aliphatic carbocycles. The van der Waals surface area contributed by atoms with Crippen molar-refractivity contribution in [3.63, 3.8) is 0 Å². The number of likely N-dealkylation sites (tertiary alicyclic amines) is 1. The molecule has 138 valence electrons. The maximum absolute atomic E-state index is 12.8. The fraction of sp³-hybridized carbons (Fsp3) is 0.273. The first-order valence-electron chi connectivity index (χ1n) is 9.30. The monoisotopic (exact) mass is 379 g/mol. The highest BCUT2D eigenvalue weighted by atomic mass is 35.5. The largest absolute Gasteiger partial charge is 0.298 e. The summed E-state index contributed by atoms with van der Waals surface area (Å²) in [5.41, 5.74) is 3.02. The molecule has 0 amide bonds. The van der Waals surface area contributed by atoms with Gasteiger partial charge in [-0.25, -0.2) is 4.68 Å². The summed E-state index contributed by atoms with van der Waals surface area (Å²) in [7, 11) is 0. The van der Waals surface area contributed by atoms with E-state index in [0.717, 1.165) is 43.7 Å². The SMILES string of the molecule is O=C(c1cccc(Cl)c1)[C@@H]1CCCN(Cc2ccc(-n3cccn3)cc2)C1. The molecule has 2 heterocycles. The van der Waals surface area contributed by atoms with Gasteiger partial charge in [0.2, 0.25) is 0 Å². The highest BCUT2D eigenvalue weighted by Gasteiger charge is 2.26. The summed E-state index contributed by atoms with van der Waals surface area (Å²) in [6.07, 6.45) is 5.70. The van der Waals surface area contributed by atoms with Crippen LogP contribution in [0.4, 0.5) is 0 Å². The van der Waals surface area contributed by atoms with Crippen LogP contribution in [0.2, 0.25) is 5.02 Å². The average Bonchev–Trinajstić information content (AvgIpc) is 3.23. The lowest BCUT2D eigenvalue weighted by molar-refractivity contribution is 0.0811. The van der Waals surface area contributed by atoms with E-state index in [0.29, 0.717) is 5.02 Å². The first-order valence-corrected chi connectivity index (χ1v) is 9.68. The Bertz CT molecular complexity index is 906. The molecule has 0 saturated carbocycles. The van der Waals surface area contributed by atoms with Crippen LogP contribution in [0.25, 0.3) is 5.69 Å². The molecular formula is C22H22ClN3O. The maximum Gasteiger partial charge on any atom is 0.167 e. The molecule has 27 heavy (non-hydrogen) atoms. The summed E-state index contributed by atoms with van der Waals surface area (Å²) in [4.78, 5) is 15.2. The minimum Gasteiger partial charge on any atom is -0.298 e. The number of carbonyl (C=O) groups is 1. The number of aromatic nitrogens is 2. The van der Waals surface area contributed by atoms with Crippen molar-refractivity contribution in [3.05, 3.63) is 83.1 Å². The average molecular weight is 380 g/mol. The number of piperidine rings is 1. The molecule has 1 aliphatic heterocycles. The lowest BCUT2D eigenvalue weighted by Crippen LogP contribution is -2.38. The number of halogens is 1. The molecule has 1 aromatic heterocycles. The Morgan fingerprint density at radius 2 is 2.00 bits per heavy atom. The fourth-order valence-electron chi connectivity index (χ4n) is 3.72. The molecule has 0 unspecified atom stereocenters. The third-order valence-electron chi connectivity index (χ3n) is 5.10. The van der Waals surface area contributed by atoms with E-state index in [1.807, 2.05) is 29.1 Å². The van der Waals surface area contributed by atoms with E-state index in [4.69, 9.17) is 11.6 Å². The maximum atomic E-state index is 12.8. The molecule has 1 saturated heterocycles. The third kappa shape index (κ3) is 4.29. The predicted molar refractivity (Wildman–Crippen MR) is 107 cm³/mol. The van der Waals surface area contributed by atoms with E-state index in [-0.39, 0.29) is 11.7 Å². The molecule has 1 aliphatic rings. The van der Waals surface area contributed by atoms with E-state index < -0.39 is 0 Å². The highest BCUT2D eigenvalue weighted by Crippen LogP contribution is 2.24. The fourth-order valence-corrected chi connectivity index (χ4v) is 3.91. The van der Waals surface area contributed by atoms with Crippen LogP contribution in [0.15, 0.2) is 67.0 Å². The van der Waals surface area contributed by atoms with Gasteiger partial charge in [-0.1, -0.05) is 35.9 Å². The van der Waals surface area contributed by atoms with Crippen molar-refractivity contribution >= 4 is 17.4 Å². The lowest BCUT2D eigenvalue weighted by atomic mass is 9.90. The number of rotatable bonds is 5. The number of ketones is 1. The van der Waals surface area contributed by atoms with Crippen LogP contribution < -0.4 is 0 Å². The van der Waals surface area contributed by atoms with Crippen LogP contribution >= 0.6 is 11.6 Å². The van der Waals surface area contributed by atoms with Crippen molar-refractivity contribution in [2.45, 2.75) is 19.4 Å². The van der Waals surface area contributed by atoms with Crippen molar-refractivity contribution in [2.75, 3.05) is 13.1 Å². The quantitative estimate of drug-likeness (QED) is 0.607. The highest BCUT2D eigenvalue weighted by molar-refractivity contribution is 6.31. The van der Waals surface area contributed by atoms with E-state index in [2.05, 4.69) is 34.3 Å². The van der Waals surface area contributed by atoms with Crippen molar-refractivity contribution < 1.29 is 4.79 Å². The van der Waals surface area contributed by atoms with Crippen molar-refractivity contribution in [3.8, 4) is 5.69 Å². The first kappa shape index (κ1) is 18.0. The van der Waals surface area contributed by atoms with Gasteiger partial charge in [-0.05, 0) is 55.3 Å². The number of nitrogens with zero attached hydrogens (tertiary/aromatic N) is 3. The lowest BCUT2D eigenvalue weighted by Gasteiger charge is -2.32. The topological polar surface area (TPSA) is 38.1 Å². The number of Topliss-reactive ketones (excluding diaryl/α,β-unsaturated/α-hetero) is 1. The summed E-state index contributed by atoms with van der Waals surface area (Å²) in [5, 5.41) is 4.87. The van der Waals surface area contributed by atoms with Gasteiger partial charge in [-0.2, -0.15) is 5.10 Å². The zero-order chi connectivity index (χ0) is 18.6. The molecule has 4 rings (SSSR count). The number of hydrogen-bond acceptors (Lipinski definition) is 3. The Morgan fingerprint density at radius 3 is 2.74 bits per heavy atom. The Morgan fingerprint density at radius 1 is 1.15 bits per heavy atom. The second kappa shape index (κ2) is 8.07. The van der Waals surface area contributed by atoms with Gasteiger partial charge < -0.3 is 0 Å². The Hall–Kier alpha value is -2.43. The zero-order valence-corrected chi connectivity index (χ0v) is 15.8. The van der Waals surface area contributed by atoms with Crippen LogP contribution in [-0.4, -0.2) is 33.6 Å². The third-order valence-corrected chi connectivity index (χ3v) is 5.33. The molecule has 4 nitrogen and oxygen atoms in total. The van der Waals surface area contributed by atoms with Crippen LogP contribution in [-0.2, 0) is 6.54 Å². The molecule has 0 bridgehead atoms. The molecule has 0 N–H and O–H groups in total. The zero-order valence-electron chi connectivity index (χ0n) is 15.1. The Labute approximate surface area is 164 Å². The minimum atomic E-state index is 0.0422. The van der Waals surface area contributed by atoms with Gasteiger partial charge >= 0.3 is 0 Å². The van der Waals surface area contributed by atoms with Gasteiger partial charge in [0.25, 0.3) is 0 Å². The molecule has 1 fully saturated rings. The van der Waals surface area contributed by atoms with Gasteiger partial charge in [0.05, 0.1) is 5.69 Å². The molecule has 5 heteroatoms. The van der Waals surface area contributed by atoms with Crippen molar-refractivity contribution in [1.82, 2.24) is 14.7 Å². The van der Waals surface area contributed by atoms with Crippen LogP contribution in [0.1, 0.15) is 28.8 Å². The van der Waals surface area contributed by atoms with Gasteiger partial charge in [0.1, 0.15) is 0 Å². The number of benzene rings is 2. The second-order valence-corrected chi connectivity index (χ2v) is 7.50. The standard InChI is InChI=1S/C22H22ClN3O/c23-20-6-1-4-18(14-20)22(27)19-5-2-12-25(16-19)15-17-7-9-21(10-8-17)26-13-3-11-24-26/h1,3-4,6-11,13-14,19H,2,5,12,15-16H2/t19-/m1/s1. The number of carbonyl (C=O) groups excluding carboxylic acids is 1. The van der Waals surface area contributed by atoms with Crippen LogP contribution in [0, 0.1) is 5.92 Å². The van der Waals surface area contributed by atoms with Gasteiger partial charge in [-0.15, -0.1) is 0 Å². The molecule has 3 aromatic rings. The molecular weight excluding hydrogens is 358 g/mol. The summed E-state index contributed by atoms with van der Waals surface area (Å²) in [5.74, 6) is 0.247. The van der Waals surface area contributed by atoms with E-state index >= 15 is 0 Å². The van der Waals surface area contributed by atoms with Gasteiger partial charge in [0, 0.05) is 42.0 Å². The van der Waals surface area contributed by atoms with Crippen molar-refractivity contribution in [1.29, 1.82) is 0 Å². The predicted octanol–water partition coefficient (Wildman–Crippen LogP) is 4.62. The normalized spacial score (nSPS) is 17.7. The Balaban J connectivity index is 1.40.